The van der Waals surface area contributed by atoms with Gasteiger partial charge in [-0.2, -0.15) is 5.26 Å². The third-order valence-electron chi connectivity index (χ3n) is 2.28. The first kappa shape index (κ1) is 8.35. The van der Waals surface area contributed by atoms with Crippen LogP contribution in [0.1, 0.15) is 32.1 Å². The molecule has 0 heterocycles. The summed E-state index contributed by atoms with van der Waals surface area (Å²) >= 11 is 0. The fraction of sp³-hybridized carbons (Fsp3) is 0.875. The summed E-state index contributed by atoms with van der Waals surface area (Å²) in [6.45, 7) is 0.420. The smallest absolute Gasteiger partial charge is 0.176 e. The molecule has 1 fully saturated rings. The maximum absolute atomic E-state index is 9.79. The number of nitriles is 1. The molecule has 0 bridgehead atoms. The average molecular weight is 154 g/mol. The number of aliphatic hydroxyl groups is 1. The van der Waals surface area contributed by atoms with E-state index in [0.717, 1.165) is 25.7 Å². The molecule has 0 aromatic rings. The molecular formula is C8H14N2O. The Bertz CT molecular complexity index is 156. The van der Waals surface area contributed by atoms with Crippen LogP contribution in [-0.4, -0.2) is 17.3 Å². The van der Waals surface area contributed by atoms with Crippen molar-refractivity contribution in [3.63, 3.8) is 0 Å². The summed E-state index contributed by atoms with van der Waals surface area (Å²) < 4.78 is 0. The third kappa shape index (κ3) is 2.39. The molecule has 62 valence electrons. The van der Waals surface area contributed by atoms with Gasteiger partial charge in [0, 0.05) is 0 Å². The molecule has 3 heteroatoms. The van der Waals surface area contributed by atoms with Crippen LogP contribution in [0, 0.1) is 11.5 Å². The molecule has 0 aromatic heterocycles. The van der Waals surface area contributed by atoms with E-state index in [1.54, 1.807) is 0 Å². The molecule has 1 aliphatic carbocycles. The summed E-state index contributed by atoms with van der Waals surface area (Å²) in [6, 6.07) is 0. The molecule has 1 saturated carbocycles. The Morgan fingerprint density at radius 3 is 2.55 bits per heavy atom. The Balaban J connectivity index is 2.32. The van der Waals surface area contributed by atoms with Crippen molar-refractivity contribution >= 4 is 0 Å². The van der Waals surface area contributed by atoms with Gasteiger partial charge in [-0.05, 0) is 12.8 Å². The second kappa shape index (κ2) is 3.59. The Kier molecular flexibility index (Phi) is 2.72. The number of hydrogen-bond acceptors (Lipinski definition) is 3. The van der Waals surface area contributed by atoms with Crippen LogP contribution in [0.25, 0.3) is 0 Å². The summed E-state index contributed by atoms with van der Waals surface area (Å²) in [4.78, 5) is 0. The standard InChI is InChI=1S/C8H14N2O/c9-7-10-6-8(11)4-2-1-3-5-8/h10-11H,1-6H2. The molecule has 0 aromatic carbocycles. The van der Waals surface area contributed by atoms with E-state index in [4.69, 9.17) is 5.26 Å². The second-order valence-electron chi connectivity index (χ2n) is 3.25. The minimum absolute atomic E-state index is 0.420. The summed E-state index contributed by atoms with van der Waals surface area (Å²) in [6.07, 6.45) is 6.89. The second-order valence-corrected chi connectivity index (χ2v) is 3.25. The zero-order valence-corrected chi connectivity index (χ0v) is 6.64. The number of nitrogens with one attached hydrogen (secondary N) is 1. The molecule has 2 N–H and O–H groups in total. The predicted octanol–water partition coefficient (Wildman–Crippen LogP) is 0.752. The van der Waals surface area contributed by atoms with E-state index in [-0.39, 0.29) is 0 Å². The molecule has 11 heavy (non-hydrogen) atoms. The van der Waals surface area contributed by atoms with Gasteiger partial charge in [-0.3, -0.25) is 0 Å². The quantitative estimate of drug-likeness (QED) is 0.456. The highest BCUT2D eigenvalue weighted by molar-refractivity contribution is 4.86. The Hall–Kier alpha value is -0.750. The van der Waals surface area contributed by atoms with E-state index in [0.29, 0.717) is 6.54 Å². The van der Waals surface area contributed by atoms with Gasteiger partial charge >= 0.3 is 0 Å². The topological polar surface area (TPSA) is 56.0 Å². The van der Waals surface area contributed by atoms with Crippen LogP contribution >= 0.6 is 0 Å². The van der Waals surface area contributed by atoms with Crippen LogP contribution in [0.5, 0.6) is 0 Å². The first-order valence-corrected chi connectivity index (χ1v) is 4.11. The van der Waals surface area contributed by atoms with Crippen molar-refractivity contribution in [2.75, 3.05) is 6.54 Å². The van der Waals surface area contributed by atoms with Crippen LogP contribution in [0.3, 0.4) is 0 Å². The normalized spacial score (nSPS) is 22.2. The number of hydrogen-bond donors (Lipinski definition) is 2. The molecular weight excluding hydrogens is 140 g/mol. The lowest BCUT2D eigenvalue weighted by Gasteiger charge is -2.31. The molecule has 0 radical (unpaired) electrons. The highest BCUT2D eigenvalue weighted by Gasteiger charge is 2.28. The Morgan fingerprint density at radius 2 is 2.00 bits per heavy atom. The van der Waals surface area contributed by atoms with E-state index in [2.05, 4.69) is 5.32 Å². The first-order valence-electron chi connectivity index (χ1n) is 4.11. The van der Waals surface area contributed by atoms with Gasteiger partial charge in [-0.1, -0.05) is 19.3 Å². The van der Waals surface area contributed by atoms with Crippen LogP contribution in [-0.2, 0) is 0 Å². The molecule has 1 aliphatic rings. The minimum Gasteiger partial charge on any atom is -0.388 e. The first-order chi connectivity index (χ1) is 5.27. The number of nitrogens with zero attached hydrogens (tertiary/aromatic N) is 1. The molecule has 3 nitrogen and oxygen atoms in total. The number of rotatable bonds is 2. The Morgan fingerprint density at radius 1 is 1.36 bits per heavy atom. The van der Waals surface area contributed by atoms with Gasteiger partial charge in [0.05, 0.1) is 12.1 Å². The van der Waals surface area contributed by atoms with Gasteiger partial charge in [0.2, 0.25) is 0 Å². The molecule has 0 unspecified atom stereocenters. The summed E-state index contributed by atoms with van der Waals surface area (Å²) in [5.74, 6) is 0. The van der Waals surface area contributed by atoms with Crippen molar-refractivity contribution in [2.24, 2.45) is 0 Å². The molecule has 1 rings (SSSR count). The van der Waals surface area contributed by atoms with Gasteiger partial charge < -0.3 is 10.4 Å². The zero-order valence-electron chi connectivity index (χ0n) is 6.64. The molecule has 0 atom stereocenters. The van der Waals surface area contributed by atoms with Gasteiger partial charge in [-0.15, -0.1) is 0 Å². The van der Waals surface area contributed by atoms with Gasteiger partial charge in [0.1, 0.15) is 0 Å². The van der Waals surface area contributed by atoms with Crippen molar-refractivity contribution in [1.82, 2.24) is 5.32 Å². The van der Waals surface area contributed by atoms with Crippen LogP contribution in [0.2, 0.25) is 0 Å². The van der Waals surface area contributed by atoms with E-state index in [1.807, 2.05) is 6.19 Å². The van der Waals surface area contributed by atoms with Crippen LogP contribution < -0.4 is 5.32 Å². The van der Waals surface area contributed by atoms with Crippen molar-refractivity contribution in [2.45, 2.75) is 37.7 Å². The average Bonchev–Trinajstić information content (AvgIpc) is 2.03. The molecule has 0 saturated heterocycles. The summed E-state index contributed by atoms with van der Waals surface area (Å²) in [5, 5.41) is 20.5. The van der Waals surface area contributed by atoms with Gasteiger partial charge in [-0.25, -0.2) is 0 Å². The largest absolute Gasteiger partial charge is 0.388 e. The van der Waals surface area contributed by atoms with Crippen LogP contribution in [0.15, 0.2) is 0 Å². The van der Waals surface area contributed by atoms with E-state index in [9.17, 15) is 5.11 Å². The van der Waals surface area contributed by atoms with Crippen molar-refractivity contribution < 1.29 is 5.11 Å². The fourth-order valence-corrected chi connectivity index (χ4v) is 1.59. The molecule has 0 amide bonds. The maximum Gasteiger partial charge on any atom is 0.176 e. The van der Waals surface area contributed by atoms with E-state index < -0.39 is 5.60 Å². The zero-order chi connectivity index (χ0) is 8.16. The summed E-state index contributed by atoms with van der Waals surface area (Å²) in [7, 11) is 0. The van der Waals surface area contributed by atoms with Crippen molar-refractivity contribution in [3.05, 3.63) is 0 Å². The van der Waals surface area contributed by atoms with Gasteiger partial charge in [0.25, 0.3) is 0 Å². The van der Waals surface area contributed by atoms with Crippen molar-refractivity contribution in [3.8, 4) is 6.19 Å². The molecule has 0 spiro atoms. The van der Waals surface area contributed by atoms with E-state index >= 15 is 0 Å². The fourth-order valence-electron chi connectivity index (χ4n) is 1.59. The maximum atomic E-state index is 9.79. The highest BCUT2D eigenvalue weighted by atomic mass is 16.3. The van der Waals surface area contributed by atoms with Crippen molar-refractivity contribution in [1.29, 1.82) is 5.26 Å². The lowest BCUT2D eigenvalue weighted by atomic mass is 9.85. The SMILES string of the molecule is N#CNCC1(O)CCCCC1. The summed E-state index contributed by atoms with van der Waals surface area (Å²) in [5.41, 5.74) is -0.603. The third-order valence-corrected chi connectivity index (χ3v) is 2.28. The lowest BCUT2D eigenvalue weighted by Crippen LogP contribution is -2.40. The van der Waals surface area contributed by atoms with Crippen LogP contribution in [0.4, 0.5) is 0 Å². The predicted molar refractivity (Wildman–Crippen MR) is 41.7 cm³/mol. The Labute approximate surface area is 67.0 Å². The highest BCUT2D eigenvalue weighted by Crippen LogP contribution is 2.26. The minimum atomic E-state index is -0.603. The van der Waals surface area contributed by atoms with E-state index in [1.165, 1.54) is 6.42 Å². The lowest BCUT2D eigenvalue weighted by molar-refractivity contribution is 0.00811. The van der Waals surface area contributed by atoms with Gasteiger partial charge in [0.15, 0.2) is 6.19 Å². The molecule has 0 aliphatic heterocycles. The monoisotopic (exact) mass is 154 g/mol.